The third kappa shape index (κ3) is 3.08. The third-order valence-electron chi connectivity index (χ3n) is 3.53. The highest BCUT2D eigenvalue weighted by atomic mass is 16.5. The quantitative estimate of drug-likeness (QED) is 0.863. The molecule has 2 rings (SSSR count). The minimum Gasteiger partial charge on any atom is -0.378 e. The first-order chi connectivity index (χ1) is 8.20. The number of hydrogen-bond donors (Lipinski definition) is 1. The standard InChI is InChI=1S/C15H23NO/c1-4-16-15(14-9-12(3)17-10-14)13-7-5-6-11(2)8-13/h5-8,12,14-16H,4,9-10H2,1-3H3. The van der Waals surface area contributed by atoms with Gasteiger partial charge in [0.15, 0.2) is 0 Å². The van der Waals surface area contributed by atoms with E-state index in [0.29, 0.717) is 18.1 Å². The van der Waals surface area contributed by atoms with Crippen LogP contribution in [0.25, 0.3) is 0 Å². The highest BCUT2D eigenvalue weighted by molar-refractivity contribution is 5.25. The lowest BCUT2D eigenvalue weighted by molar-refractivity contribution is 0.117. The summed E-state index contributed by atoms with van der Waals surface area (Å²) in [7, 11) is 0. The Labute approximate surface area is 104 Å². The summed E-state index contributed by atoms with van der Waals surface area (Å²) in [6, 6.07) is 9.25. The highest BCUT2D eigenvalue weighted by Crippen LogP contribution is 2.31. The molecule has 1 saturated heterocycles. The summed E-state index contributed by atoms with van der Waals surface area (Å²) in [6.07, 6.45) is 1.57. The molecular weight excluding hydrogens is 210 g/mol. The molecule has 0 aliphatic carbocycles. The monoisotopic (exact) mass is 233 g/mol. The number of benzene rings is 1. The maximum atomic E-state index is 5.70. The average molecular weight is 233 g/mol. The molecule has 0 amide bonds. The van der Waals surface area contributed by atoms with Crippen LogP contribution in [0.5, 0.6) is 0 Å². The summed E-state index contributed by atoms with van der Waals surface area (Å²) >= 11 is 0. The average Bonchev–Trinajstić information content (AvgIpc) is 2.72. The van der Waals surface area contributed by atoms with Crippen molar-refractivity contribution in [3.05, 3.63) is 35.4 Å². The molecule has 17 heavy (non-hydrogen) atoms. The van der Waals surface area contributed by atoms with E-state index in [1.54, 1.807) is 0 Å². The minimum absolute atomic E-state index is 0.408. The summed E-state index contributed by atoms with van der Waals surface area (Å²) in [5, 5.41) is 3.61. The normalized spacial score (nSPS) is 26.1. The Hall–Kier alpha value is -0.860. The molecule has 1 aliphatic heterocycles. The number of aryl methyl sites for hydroxylation is 1. The van der Waals surface area contributed by atoms with Crippen LogP contribution in [-0.2, 0) is 4.74 Å². The van der Waals surface area contributed by atoms with E-state index in [1.807, 2.05) is 0 Å². The van der Waals surface area contributed by atoms with E-state index in [0.717, 1.165) is 19.6 Å². The van der Waals surface area contributed by atoms with Crippen molar-refractivity contribution in [3.63, 3.8) is 0 Å². The van der Waals surface area contributed by atoms with E-state index in [1.165, 1.54) is 11.1 Å². The predicted molar refractivity (Wildman–Crippen MR) is 71.1 cm³/mol. The Kier molecular flexibility index (Phi) is 4.19. The second kappa shape index (κ2) is 5.65. The lowest BCUT2D eigenvalue weighted by Gasteiger charge is -2.24. The molecule has 0 spiro atoms. The zero-order valence-electron chi connectivity index (χ0n) is 11.1. The summed E-state index contributed by atoms with van der Waals surface area (Å²) in [6.45, 7) is 8.37. The van der Waals surface area contributed by atoms with Crippen molar-refractivity contribution in [3.8, 4) is 0 Å². The second-order valence-electron chi connectivity index (χ2n) is 5.09. The summed E-state index contributed by atoms with van der Waals surface area (Å²) in [5.74, 6) is 0.603. The fourth-order valence-corrected chi connectivity index (χ4v) is 2.72. The van der Waals surface area contributed by atoms with Crippen LogP contribution in [0.1, 0.15) is 37.4 Å². The van der Waals surface area contributed by atoms with Gasteiger partial charge in [-0.1, -0.05) is 36.8 Å². The number of nitrogens with one attached hydrogen (secondary N) is 1. The van der Waals surface area contributed by atoms with Crippen LogP contribution in [0, 0.1) is 12.8 Å². The van der Waals surface area contributed by atoms with Crippen molar-refractivity contribution < 1.29 is 4.74 Å². The van der Waals surface area contributed by atoms with Crippen molar-refractivity contribution in [2.24, 2.45) is 5.92 Å². The SMILES string of the molecule is CCNC(c1cccc(C)c1)C1COC(C)C1. The molecule has 2 heteroatoms. The van der Waals surface area contributed by atoms with Crippen LogP contribution in [-0.4, -0.2) is 19.3 Å². The fraction of sp³-hybridized carbons (Fsp3) is 0.600. The topological polar surface area (TPSA) is 21.3 Å². The smallest absolute Gasteiger partial charge is 0.0551 e. The molecule has 3 unspecified atom stereocenters. The van der Waals surface area contributed by atoms with Crippen LogP contribution in [0.15, 0.2) is 24.3 Å². The first-order valence-electron chi connectivity index (χ1n) is 6.62. The summed E-state index contributed by atoms with van der Waals surface area (Å²) < 4.78 is 5.70. The second-order valence-corrected chi connectivity index (χ2v) is 5.09. The molecule has 1 N–H and O–H groups in total. The Balaban J connectivity index is 2.16. The maximum absolute atomic E-state index is 5.70. The molecule has 94 valence electrons. The van der Waals surface area contributed by atoms with E-state index >= 15 is 0 Å². The fourth-order valence-electron chi connectivity index (χ4n) is 2.72. The van der Waals surface area contributed by atoms with Gasteiger partial charge >= 0.3 is 0 Å². The van der Waals surface area contributed by atoms with Gasteiger partial charge in [-0.2, -0.15) is 0 Å². The van der Waals surface area contributed by atoms with Gasteiger partial charge in [0.1, 0.15) is 0 Å². The van der Waals surface area contributed by atoms with Crippen molar-refractivity contribution in [2.45, 2.75) is 39.3 Å². The van der Waals surface area contributed by atoms with Crippen LogP contribution in [0.3, 0.4) is 0 Å². The largest absolute Gasteiger partial charge is 0.378 e. The van der Waals surface area contributed by atoms with Crippen molar-refractivity contribution >= 4 is 0 Å². The van der Waals surface area contributed by atoms with E-state index < -0.39 is 0 Å². The molecule has 1 fully saturated rings. The molecule has 1 aromatic carbocycles. The van der Waals surface area contributed by atoms with Gasteiger partial charge in [0.05, 0.1) is 12.7 Å². The van der Waals surface area contributed by atoms with Crippen LogP contribution in [0.2, 0.25) is 0 Å². The maximum Gasteiger partial charge on any atom is 0.0551 e. The molecule has 0 saturated carbocycles. The molecule has 0 bridgehead atoms. The zero-order chi connectivity index (χ0) is 12.3. The van der Waals surface area contributed by atoms with Gasteiger partial charge in [0, 0.05) is 12.0 Å². The molecular formula is C15H23NO. The molecule has 1 aliphatic rings. The van der Waals surface area contributed by atoms with E-state index in [4.69, 9.17) is 4.74 Å². The van der Waals surface area contributed by atoms with Gasteiger partial charge in [-0.3, -0.25) is 0 Å². The molecule has 2 nitrogen and oxygen atoms in total. The predicted octanol–water partition coefficient (Wildman–Crippen LogP) is 3.07. The molecule has 3 atom stereocenters. The van der Waals surface area contributed by atoms with E-state index in [9.17, 15) is 0 Å². The van der Waals surface area contributed by atoms with Crippen LogP contribution in [0.4, 0.5) is 0 Å². The van der Waals surface area contributed by atoms with Gasteiger partial charge in [-0.25, -0.2) is 0 Å². The van der Waals surface area contributed by atoms with Crippen molar-refractivity contribution in [2.75, 3.05) is 13.2 Å². The van der Waals surface area contributed by atoms with Gasteiger partial charge in [0.2, 0.25) is 0 Å². The Bertz CT molecular complexity index is 364. The van der Waals surface area contributed by atoms with Gasteiger partial charge in [0.25, 0.3) is 0 Å². The highest BCUT2D eigenvalue weighted by Gasteiger charge is 2.29. The van der Waals surface area contributed by atoms with E-state index in [-0.39, 0.29) is 0 Å². The van der Waals surface area contributed by atoms with Gasteiger partial charge in [-0.05, 0) is 32.4 Å². The molecule has 0 aromatic heterocycles. The molecule has 0 radical (unpaired) electrons. The Morgan fingerprint density at radius 2 is 2.29 bits per heavy atom. The van der Waals surface area contributed by atoms with Crippen molar-refractivity contribution in [1.29, 1.82) is 0 Å². The zero-order valence-corrected chi connectivity index (χ0v) is 11.1. The third-order valence-corrected chi connectivity index (χ3v) is 3.53. The number of ether oxygens (including phenoxy) is 1. The number of hydrogen-bond acceptors (Lipinski definition) is 2. The number of rotatable bonds is 4. The van der Waals surface area contributed by atoms with Gasteiger partial charge < -0.3 is 10.1 Å². The van der Waals surface area contributed by atoms with Gasteiger partial charge in [-0.15, -0.1) is 0 Å². The first-order valence-corrected chi connectivity index (χ1v) is 6.62. The van der Waals surface area contributed by atoms with Crippen LogP contribution < -0.4 is 5.32 Å². The van der Waals surface area contributed by atoms with E-state index in [2.05, 4.69) is 50.4 Å². The van der Waals surface area contributed by atoms with Crippen LogP contribution >= 0.6 is 0 Å². The summed E-state index contributed by atoms with van der Waals surface area (Å²) in [5.41, 5.74) is 2.73. The lowest BCUT2D eigenvalue weighted by Crippen LogP contribution is -2.28. The molecule has 1 heterocycles. The lowest BCUT2D eigenvalue weighted by atomic mass is 9.90. The minimum atomic E-state index is 0.408. The first kappa shape index (κ1) is 12.6. The summed E-state index contributed by atoms with van der Waals surface area (Å²) in [4.78, 5) is 0. The Morgan fingerprint density at radius 1 is 1.47 bits per heavy atom. The Morgan fingerprint density at radius 3 is 2.88 bits per heavy atom. The molecule has 1 aromatic rings. The van der Waals surface area contributed by atoms with Crippen molar-refractivity contribution in [1.82, 2.24) is 5.32 Å².